The van der Waals surface area contributed by atoms with Gasteiger partial charge >= 0.3 is 33.5 Å². The van der Waals surface area contributed by atoms with Crippen LogP contribution in [0.1, 0.15) is 15.9 Å². The first kappa shape index (κ1) is 19.2. The summed E-state index contributed by atoms with van der Waals surface area (Å²) < 4.78 is 21.5. The summed E-state index contributed by atoms with van der Waals surface area (Å²) in [6, 6.07) is 11.4. The molecule has 0 aliphatic heterocycles. The third kappa shape index (κ3) is 6.85. The Balaban J connectivity index is 0.000000593. The number of halogens is 1. The third-order valence-corrected chi connectivity index (χ3v) is 2.96. The fourth-order valence-electron chi connectivity index (χ4n) is 1.53. The van der Waals surface area contributed by atoms with Gasteiger partial charge in [0.05, 0.1) is 11.3 Å². The van der Waals surface area contributed by atoms with Gasteiger partial charge in [-0.2, -0.15) is 0 Å². The molecule has 0 spiro atoms. The van der Waals surface area contributed by atoms with Gasteiger partial charge in [0.1, 0.15) is 5.75 Å². The quantitative estimate of drug-likeness (QED) is 0.576. The molecule has 0 fully saturated rings. The van der Waals surface area contributed by atoms with Crippen LogP contribution < -0.4 is 0 Å². The Morgan fingerprint density at radius 3 is 2.43 bits per heavy atom. The number of phenolic OH excluding ortho intramolecular Hbond substituents is 1. The second kappa shape index (κ2) is 9.34. The van der Waals surface area contributed by atoms with Crippen molar-refractivity contribution < 1.29 is 42.6 Å². The topological polar surface area (TPSA) is 133 Å². The van der Waals surface area contributed by atoms with Crippen LogP contribution >= 0.6 is 15.9 Å². The van der Waals surface area contributed by atoms with Gasteiger partial charge in [-0.05, 0) is 30.3 Å². The monoisotopic (exact) mass is 422 g/mol. The van der Waals surface area contributed by atoms with E-state index in [1.165, 1.54) is 18.3 Å². The summed E-state index contributed by atoms with van der Waals surface area (Å²) in [5.41, 5.74) is 0.970. The summed E-state index contributed by atoms with van der Waals surface area (Å²) >= 11 is 0.356. The molecule has 23 heavy (non-hydrogen) atoms. The SMILES string of the molecule is O=C(O)c1ccccc1N=Cc1cc(Br)ccc1O.[O]=[V]([OH2+])[OH2+]. The van der Waals surface area contributed by atoms with Crippen LogP contribution in [-0.2, 0) is 19.5 Å². The number of nitrogens with zero attached hydrogens (tertiary/aromatic N) is 1. The number of aromatic carboxylic acids is 1. The second-order valence-electron chi connectivity index (χ2n) is 4.08. The Labute approximate surface area is 145 Å². The van der Waals surface area contributed by atoms with Crippen LogP contribution in [0.4, 0.5) is 5.69 Å². The Hall–Kier alpha value is -1.84. The van der Waals surface area contributed by atoms with Crippen molar-refractivity contribution in [3.05, 3.63) is 58.1 Å². The van der Waals surface area contributed by atoms with Crippen molar-refractivity contribution in [3.8, 4) is 5.75 Å². The number of carboxylic acids is 1. The van der Waals surface area contributed by atoms with E-state index < -0.39 is 21.8 Å². The van der Waals surface area contributed by atoms with Crippen molar-refractivity contribution in [2.24, 2.45) is 4.99 Å². The summed E-state index contributed by atoms with van der Waals surface area (Å²) in [6.45, 7) is 0. The molecule has 9 heteroatoms. The molecule has 0 atom stereocenters. The van der Waals surface area contributed by atoms with Crippen molar-refractivity contribution >= 4 is 33.8 Å². The van der Waals surface area contributed by atoms with Crippen molar-refractivity contribution in [1.82, 2.24) is 0 Å². The maximum absolute atomic E-state index is 11.0. The van der Waals surface area contributed by atoms with E-state index in [-0.39, 0.29) is 11.3 Å². The molecule has 0 amide bonds. The molecule has 2 rings (SSSR count). The maximum atomic E-state index is 11.0. The number of para-hydroxylation sites is 1. The molecule has 0 aliphatic rings. The molecule has 0 aromatic heterocycles. The number of hydrogen-bond donors (Lipinski definition) is 2. The van der Waals surface area contributed by atoms with Crippen molar-refractivity contribution in [2.75, 3.05) is 0 Å². The zero-order valence-corrected chi connectivity index (χ0v) is 14.6. The Morgan fingerprint density at radius 1 is 1.22 bits per heavy atom. The van der Waals surface area contributed by atoms with E-state index in [0.717, 1.165) is 4.47 Å². The van der Waals surface area contributed by atoms with Crippen LogP contribution in [0.15, 0.2) is 51.9 Å². The average molecular weight is 423 g/mol. The van der Waals surface area contributed by atoms with Gasteiger partial charge in [-0.15, -0.1) is 0 Å². The Bertz CT molecular complexity index is 746. The summed E-state index contributed by atoms with van der Waals surface area (Å²) in [5.74, 6) is -0.953. The molecule has 7 nitrogen and oxygen atoms in total. The van der Waals surface area contributed by atoms with Gasteiger partial charge in [0.2, 0.25) is 0 Å². The minimum absolute atomic E-state index is 0.0831. The van der Waals surface area contributed by atoms with E-state index >= 15 is 0 Å². The fraction of sp³-hybridized carbons (Fsp3) is 0. The van der Waals surface area contributed by atoms with Crippen LogP contribution in [0.2, 0.25) is 0 Å². The second-order valence-corrected chi connectivity index (χ2v) is 5.91. The number of aliphatic imine (C=N–C) groups is 1. The number of carbonyl (C=O) groups is 1. The minimum atomic E-state index is -2.94. The number of rotatable bonds is 3. The van der Waals surface area contributed by atoms with Crippen LogP contribution in [0.5, 0.6) is 5.75 Å². The molecule has 2 aromatic rings. The third-order valence-electron chi connectivity index (χ3n) is 2.47. The number of phenols is 1. The van der Waals surface area contributed by atoms with Crippen molar-refractivity contribution in [2.45, 2.75) is 0 Å². The molecule has 0 bridgehead atoms. The van der Waals surface area contributed by atoms with Crippen molar-refractivity contribution in [3.63, 3.8) is 0 Å². The first-order valence-electron chi connectivity index (χ1n) is 6.06. The average Bonchev–Trinajstić information content (AvgIpc) is 2.48. The van der Waals surface area contributed by atoms with Crippen LogP contribution in [0, 0.1) is 0 Å². The summed E-state index contributed by atoms with van der Waals surface area (Å²) in [7, 11) is 0. The molecule has 0 radical (unpaired) electrons. The molecule has 0 unspecified atom stereocenters. The van der Waals surface area contributed by atoms with Crippen molar-refractivity contribution in [1.29, 1.82) is 0 Å². The van der Waals surface area contributed by atoms with Gasteiger partial charge in [-0.25, -0.2) is 4.79 Å². The van der Waals surface area contributed by atoms with Crippen LogP contribution in [-0.4, -0.2) is 30.5 Å². The summed E-state index contributed by atoms with van der Waals surface area (Å²) in [5, 5.41) is 18.7. The molecule has 0 aliphatic carbocycles. The van der Waals surface area contributed by atoms with E-state index in [9.17, 15) is 9.90 Å². The standard InChI is InChI=1S/C14H10BrNO3.2H2O.O.V/c15-10-5-6-13(17)9(7-10)8-16-12-4-2-1-3-11(12)14(18)19;;;;/h1-8,17H,(H,18,19);2*1H2;;/q;;;;+2. The number of benzene rings is 2. The molecular formula is C14H14BrNO6V+2. The van der Waals surface area contributed by atoms with Crippen LogP contribution in [0.3, 0.4) is 0 Å². The first-order valence-corrected chi connectivity index (χ1v) is 8.82. The molecule has 6 N–H and O–H groups in total. The Morgan fingerprint density at radius 2 is 1.83 bits per heavy atom. The number of hydrogen-bond acceptors (Lipinski definition) is 4. The summed E-state index contributed by atoms with van der Waals surface area (Å²) in [6.07, 6.45) is 1.43. The van der Waals surface area contributed by atoms with E-state index in [4.69, 9.17) is 16.8 Å². The van der Waals surface area contributed by atoms with E-state index in [1.807, 2.05) is 0 Å². The number of aromatic hydroxyl groups is 1. The van der Waals surface area contributed by atoms with Crippen LogP contribution in [0.25, 0.3) is 0 Å². The molecular weight excluding hydrogens is 409 g/mol. The molecule has 0 saturated carbocycles. The molecule has 121 valence electrons. The van der Waals surface area contributed by atoms with Gasteiger partial charge in [0, 0.05) is 16.3 Å². The zero-order chi connectivity index (χ0) is 17.4. The fourth-order valence-corrected chi connectivity index (χ4v) is 1.91. The van der Waals surface area contributed by atoms with E-state index in [2.05, 4.69) is 20.9 Å². The van der Waals surface area contributed by atoms with Gasteiger partial charge in [-0.1, -0.05) is 28.1 Å². The molecule has 2 aromatic carbocycles. The summed E-state index contributed by atoms with van der Waals surface area (Å²) in [4.78, 5) is 15.1. The van der Waals surface area contributed by atoms with Gasteiger partial charge in [-0.3, -0.25) is 4.99 Å². The predicted octanol–water partition coefficient (Wildman–Crippen LogP) is 1.83. The van der Waals surface area contributed by atoms with Gasteiger partial charge in [0.15, 0.2) is 0 Å². The first-order chi connectivity index (χ1) is 10.8. The van der Waals surface area contributed by atoms with Gasteiger partial charge < -0.3 is 10.2 Å². The van der Waals surface area contributed by atoms with E-state index in [1.54, 1.807) is 30.3 Å². The number of carboxylic acid groups (broad SMARTS) is 1. The molecule has 0 saturated heterocycles. The Kier molecular flexibility index (Phi) is 7.80. The van der Waals surface area contributed by atoms with E-state index in [0.29, 0.717) is 11.3 Å². The molecule has 0 heterocycles. The zero-order valence-electron chi connectivity index (χ0n) is 11.6. The normalized spacial score (nSPS) is 10.0. The van der Waals surface area contributed by atoms with Gasteiger partial charge in [0.25, 0.3) is 0 Å². The predicted molar refractivity (Wildman–Crippen MR) is 84.4 cm³/mol.